The van der Waals surface area contributed by atoms with E-state index in [-0.39, 0.29) is 5.97 Å². The number of rotatable bonds is 3. The largest absolute Gasteiger partial charge is 0.466 e. The summed E-state index contributed by atoms with van der Waals surface area (Å²) in [6, 6.07) is 0. The Bertz CT molecular complexity index is 209. The van der Waals surface area contributed by atoms with Crippen LogP contribution in [0.1, 0.15) is 26.2 Å². The molecule has 3 aliphatic rings. The topological polar surface area (TPSA) is 32.2 Å². The second-order valence-corrected chi connectivity index (χ2v) is 4.41. The first-order chi connectivity index (χ1) is 6.79. The zero-order valence-corrected chi connectivity index (χ0v) is 8.87. The van der Waals surface area contributed by atoms with Gasteiger partial charge in [0, 0.05) is 18.8 Å². The first-order valence-corrected chi connectivity index (χ1v) is 5.67. The van der Waals surface area contributed by atoms with E-state index in [1.165, 1.54) is 25.9 Å². The average molecular weight is 197 g/mol. The van der Waals surface area contributed by atoms with E-state index in [0.29, 0.717) is 18.9 Å². The summed E-state index contributed by atoms with van der Waals surface area (Å²) in [5, 5.41) is 0. The van der Waals surface area contributed by atoms with Crippen molar-refractivity contribution in [2.75, 3.05) is 26.2 Å². The predicted octanol–water partition coefficient (Wildman–Crippen LogP) is 1.12. The van der Waals surface area contributed by atoms with E-state index in [4.69, 9.17) is 4.74 Å². The SMILES string of the molecule is CCOC(=O)CC1C[N+]2CCC1CC2. The van der Waals surface area contributed by atoms with Gasteiger partial charge in [-0.05, 0) is 12.8 Å². The fourth-order valence-electron chi connectivity index (χ4n) is 2.75. The number of hydrogen-bond acceptors (Lipinski definition) is 3. The zero-order valence-electron chi connectivity index (χ0n) is 8.87. The standard InChI is InChI=1S/C11H19NO2/c1-2-14-11(13)7-10-8-12-5-3-9(10)4-6-12/h9-10H,2-8H2,1H3/q+1. The van der Waals surface area contributed by atoms with Crippen molar-refractivity contribution in [3.63, 3.8) is 0 Å². The van der Waals surface area contributed by atoms with Gasteiger partial charge in [-0.3, -0.25) is 4.79 Å². The number of hydrogen-bond donors (Lipinski definition) is 0. The molecule has 0 amide bonds. The molecule has 14 heavy (non-hydrogen) atoms. The smallest absolute Gasteiger partial charge is 0.306 e. The van der Waals surface area contributed by atoms with Gasteiger partial charge < -0.3 is 4.74 Å². The molecule has 3 rings (SSSR count). The Morgan fingerprint density at radius 3 is 2.64 bits per heavy atom. The van der Waals surface area contributed by atoms with Crippen LogP contribution in [-0.2, 0) is 9.53 Å². The van der Waals surface area contributed by atoms with Crippen molar-refractivity contribution in [1.82, 2.24) is 4.90 Å². The molecule has 0 N–H and O–H groups in total. The van der Waals surface area contributed by atoms with Crippen LogP contribution in [0.15, 0.2) is 0 Å². The zero-order chi connectivity index (χ0) is 9.97. The van der Waals surface area contributed by atoms with Crippen molar-refractivity contribution in [1.29, 1.82) is 0 Å². The minimum Gasteiger partial charge on any atom is -0.466 e. The van der Waals surface area contributed by atoms with Crippen LogP contribution < -0.4 is 4.90 Å². The summed E-state index contributed by atoms with van der Waals surface area (Å²) in [7, 11) is 0. The maximum Gasteiger partial charge on any atom is 0.306 e. The van der Waals surface area contributed by atoms with Crippen molar-refractivity contribution in [3.8, 4) is 0 Å². The minimum atomic E-state index is -0.00810. The van der Waals surface area contributed by atoms with Gasteiger partial charge in [0.05, 0.1) is 13.0 Å². The summed E-state index contributed by atoms with van der Waals surface area (Å²) >= 11 is 0. The van der Waals surface area contributed by atoms with Crippen LogP contribution in [0.2, 0.25) is 0 Å². The molecule has 79 valence electrons. The number of ether oxygens (including phenoxy) is 1. The van der Waals surface area contributed by atoms with E-state index in [9.17, 15) is 4.79 Å². The highest BCUT2D eigenvalue weighted by Crippen LogP contribution is 2.32. The lowest BCUT2D eigenvalue weighted by atomic mass is 9.77. The fourth-order valence-corrected chi connectivity index (χ4v) is 2.75. The lowest BCUT2D eigenvalue weighted by Gasteiger charge is -2.37. The second-order valence-electron chi connectivity index (χ2n) is 4.41. The molecule has 3 saturated heterocycles. The lowest BCUT2D eigenvalue weighted by molar-refractivity contribution is -0.145. The lowest BCUT2D eigenvalue weighted by Crippen LogP contribution is -2.51. The number of carbonyl (C=O) groups is 1. The van der Waals surface area contributed by atoms with Gasteiger partial charge in [-0.25, -0.2) is 0 Å². The number of esters is 1. The van der Waals surface area contributed by atoms with Crippen molar-refractivity contribution >= 4 is 5.97 Å². The highest BCUT2D eigenvalue weighted by Gasteiger charge is 2.41. The van der Waals surface area contributed by atoms with E-state index in [1.54, 1.807) is 0 Å². The quantitative estimate of drug-likeness (QED) is 0.501. The monoisotopic (exact) mass is 197 g/mol. The molecule has 3 heterocycles. The van der Waals surface area contributed by atoms with Gasteiger partial charge in [-0.2, -0.15) is 4.90 Å². The van der Waals surface area contributed by atoms with Gasteiger partial charge in [0.25, 0.3) is 0 Å². The van der Waals surface area contributed by atoms with Crippen LogP contribution in [0.4, 0.5) is 0 Å². The van der Waals surface area contributed by atoms with E-state index in [1.807, 2.05) is 6.92 Å². The van der Waals surface area contributed by atoms with Crippen LogP contribution in [-0.4, -0.2) is 32.2 Å². The van der Waals surface area contributed by atoms with Crippen LogP contribution >= 0.6 is 0 Å². The maximum atomic E-state index is 11.3. The molecule has 3 heteroatoms. The Kier molecular flexibility index (Phi) is 3.06. The Morgan fingerprint density at radius 2 is 2.14 bits per heavy atom. The van der Waals surface area contributed by atoms with Gasteiger partial charge in [0.1, 0.15) is 19.6 Å². The summed E-state index contributed by atoms with van der Waals surface area (Å²) in [6.45, 7) is 5.98. The molecule has 3 aliphatic heterocycles. The highest BCUT2D eigenvalue weighted by atomic mass is 16.5. The predicted molar refractivity (Wildman–Crippen MR) is 54.2 cm³/mol. The van der Waals surface area contributed by atoms with E-state index >= 15 is 0 Å². The van der Waals surface area contributed by atoms with Gasteiger partial charge in [0.2, 0.25) is 0 Å². The maximum absolute atomic E-state index is 11.3. The molecule has 0 aromatic heterocycles. The first kappa shape index (κ1) is 9.97. The average Bonchev–Trinajstić information content (AvgIpc) is 2.19. The first-order valence-electron chi connectivity index (χ1n) is 5.67. The summed E-state index contributed by atoms with van der Waals surface area (Å²) < 4.78 is 4.99. The molecule has 1 atom stereocenters. The van der Waals surface area contributed by atoms with E-state index in [2.05, 4.69) is 4.90 Å². The normalized spacial score (nSPS) is 35.6. The molecular weight excluding hydrogens is 178 g/mol. The third kappa shape index (κ3) is 2.08. The molecule has 2 bridgehead atoms. The van der Waals surface area contributed by atoms with Crippen LogP contribution in [0.3, 0.4) is 0 Å². The number of carbonyl (C=O) groups excluding carboxylic acids is 1. The van der Waals surface area contributed by atoms with E-state index in [0.717, 1.165) is 12.5 Å². The highest BCUT2D eigenvalue weighted by molar-refractivity contribution is 5.69. The molecule has 0 aliphatic carbocycles. The van der Waals surface area contributed by atoms with Crippen molar-refractivity contribution < 1.29 is 9.53 Å². The summed E-state index contributed by atoms with van der Waals surface area (Å²) in [5.74, 6) is 1.34. The van der Waals surface area contributed by atoms with Crippen molar-refractivity contribution in [3.05, 3.63) is 0 Å². The van der Waals surface area contributed by atoms with Crippen LogP contribution in [0.25, 0.3) is 0 Å². The Balaban J connectivity index is 1.83. The molecule has 3 fully saturated rings. The Labute approximate surface area is 85.4 Å². The molecule has 1 unspecified atom stereocenters. The Morgan fingerprint density at radius 1 is 1.43 bits per heavy atom. The van der Waals surface area contributed by atoms with Gasteiger partial charge in [0.15, 0.2) is 0 Å². The van der Waals surface area contributed by atoms with Crippen LogP contribution in [0, 0.1) is 11.8 Å². The third-order valence-corrected chi connectivity index (χ3v) is 3.53. The minimum absolute atomic E-state index is 0.00810. The molecule has 0 aromatic carbocycles. The molecule has 1 radical (unpaired) electrons. The molecule has 0 spiro atoms. The van der Waals surface area contributed by atoms with E-state index < -0.39 is 0 Å². The second kappa shape index (κ2) is 4.30. The number of fused-ring (bicyclic) bond motifs is 3. The van der Waals surface area contributed by atoms with Gasteiger partial charge in [-0.1, -0.05) is 0 Å². The number of nitrogens with zero attached hydrogens (tertiary/aromatic N) is 1. The molecule has 3 nitrogen and oxygen atoms in total. The molecule has 0 aromatic rings. The van der Waals surface area contributed by atoms with Crippen LogP contribution in [0.5, 0.6) is 0 Å². The summed E-state index contributed by atoms with van der Waals surface area (Å²) in [5.41, 5.74) is 0. The van der Waals surface area contributed by atoms with Gasteiger partial charge >= 0.3 is 5.97 Å². The fraction of sp³-hybridized carbons (Fsp3) is 0.909. The van der Waals surface area contributed by atoms with Gasteiger partial charge in [-0.15, -0.1) is 0 Å². The van der Waals surface area contributed by atoms with Crippen molar-refractivity contribution in [2.45, 2.75) is 26.2 Å². The molecular formula is C11H19NO2+. The summed E-state index contributed by atoms with van der Waals surface area (Å²) in [4.78, 5) is 13.8. The Hall–Kier alpha value is -0.570. The molecule has 0 saturated carbocycles. The van der Waals surface area contributed by atoms with Crippen molar-refractivity contribution in [2.24, 2.45) is 11.8 Å². The number of piperidine rings is 3. The third-order valence-electron chi connectivity index (χ3n) is 3.53. The summed E-state index contributed by atoms with van der Waals surface area (Å²) in [6.07, 6.45) is 3.20.